The van der Waals surface area contributed by atoms with Crippen molar-refractivity contribution in [2.45, 2.75) is 39.7 Å². The van der Waals surface area contributed by atoms with Crippen molar-refractivity contribution in [3.8, 4) is 11.5 Å². The lowest BCUT2D eigenvalue weighted by molar-refractivity contribution is 0.0895. The molecule has 5 nitrogen and oxygen atoms in total. The number of fused-ring (bicyclic) bond motifs is 2. The normalized spacial score (nSPS) is 14.1. The Kier molecular flexibility index (Phi) is 6.26. The maximum Gasteiger partial charge on any atom is 0.410 e. The highest BCUT2D eigenvalue weighted by Gasteiger charge is 2.19. The number of hydrogen-bond acceptors (Lipinski definition) is 4. The molecule has 1 fully saturated rings. The molecule has 0 spiro atoms. The summed E-state index contributed by atoms with van der Waals surface area (Å²) in [5.74, 6) is 1.71. The summed E-state index contributed by atoms with van der Waals surface area (Å²) in [6.07, 6.45) is 3.06. The SMILES string of the molecule is CCOc1c2ccccc2c(OCC)c2cc(COC(=O)N3CCCCC3)ccc12. The molecule has 30 heavy (non-hydrogen) atoms. The molecule has 1 saturated heterocycles. The van der Waals surface area contributed by atoms with Crippen molar-refractivity contribution in [1.82, 2.24) is 4.90 Å². The van der Waals surface area contributed by atoms with E-state index in [0.29, 0.717) is 13.2 Å². The highest BCUT2D eigenvalue weighted by Crippen LogP contribution is 2.43. The largest absolute Gasteiger partial charge is 0.493 e. The first kappa shape index (κ1) is 20.3. The number of carbonyl (C=O) groups is 1. The van der Waals surface area contributed by atoms with Gasteiger partial charge in [-0.2, -0.15) is 0 Å². The van der Waals surface area contributed by atoms with Crippen molar-refractivity contribution >= 4 is 27.6 Å². The Balaban J connectivity index is 1.70. The zero-order chi connectivity index (χ0) is 20.9. The minimum absolute atomic E-state index is 0.228. The Hall–Kier alpha value is -2.95. The second-order valence-corrected chi connectivity index (χ2v) is 7.55. The van der Waals surface area contributed by atoms with Crippen LogP contribution < -0.4 is 9.47 Å². The van der Waals surface area contributed by atoms with E-state index in [1.165, 1.54) is 6.42 Å². The standard InChI is InChI=1S/C25H29NO4/c1-3-28-23-19-10-6-7-11-20(19)24(29-4-2)22-16-18(12-13-21(22)23)17-30-25(27)26-14-8-5-9-15-26/h6-7,10-13,16H,3-5,8-9,14-15,17H2,1-2H3. The number of rotatable bonds is 6. The Bertz CT molecular complexity index is 1040. The van der Waals surface area contributed by atoms with Crippen molar-refractivity contribution in [1.29, 1.82) is 0 Å². The van der Waals surface area contributed by atoms with Crippen LogP contribution in [-0.2, 0) is 11.3 Å². The predicted octanol–water partition coefficient (Wildman–Crippen LogP) is 5.91. The van der Waals surface area contributed by atoms with Crippen LogP contribution >= 0.6 is 0 Å². The molecular weight excluding hydrogens is 378 g/mol. The second-order valence-electron chi connectivity index (χ2n) is 7.55. The van der Waals surface area contributed by atoms with Gasteiger partial charge in [-0.15, -0.1) is 0 Å². The average molecular weight is 408 g/mol. The Morgan fingerprint density at radius 1 is 0.833 bits per heavy atom. The van der Waals surface area contributed by atoms with Gasteiger partial charge in [0.2, 0.25) is 0 Å². The van der Waals surface area contributed by atoms with E-state index >= 15 is 0 Å². The number of likely N-dealkylation sites (tertiary alicyclic amines) is 1. The smallest absolute Gasteiger partial charge is 0.410 e. The number of piperidine rings is 1. The molecule has 0 radical (unpaired) electrons. The lowest BCUT2D eigenvalue weighted by Gasteiger charge is -2.25. The van der Waals surface area contributed by atoms with Crippen LogP contribution in [0.25, 0.3) is 21.5 Å². The summed E-state index contributed by atoms with van der Waals surface area (Å²) in [5.41, 5.74) is 0.937. The summed E-state index contributed by atoms with van der Waals surface area (Å²) in [5, 5.41) is 4.05. The Morgan fingerprint density at radius 3 is 2.07 bits per heavy atom. The predicted molar refractivity (Wildman–Crippen MR) is 119 cm³/mol. The van der Waals surface area contributed by atoms with Gasteiger partial charge in [0.15, 0.2) is 0 Å². The van der Waals surface area contributed by atoms with Crippen LogP contribution in [0.2, 0.25) is 0 Å². The van der Waals surface area contributed by atoms with Crippen LogP contribution in [-0.4, -0.2) is 37.3 Å². The minimum atomic E-state index is -0.228. The molecule has 0 aromatic heterocycles. The zero-order valence-corrected chi connectivity index (χ0v) is 17.8. The quantitative estimate of drug-likeness (QED) is 0.476. The van der Waals surface area contributed by atoms with E-state index in [2.05, 4.69) is 18.2 Å². The zero-order valence-electron chi connectivity index (χ0n) is 17.8. The van der Waals surface area contributed by atoms with E-state index < -0.39 is 0 Å². The third kappa shape index (κ3) is 4.02. The molecule has 3 aromatic carbocycles. The molecule has 1 aliphatic heterocycles. The van der Waals surface area contributed by atoms with Crippen LogP contribution in [0.4, 0.5) is 4.79 Å². The maximum atomic E-state index is 12.4. The molecule has 0 saturated carbocycles. The Labute approximate surface area is 177 Å². The van der Waals surface area contributed by atoms with E-state index in [0.717, 1.165) is 64.5 Å². The first-order valence-corrected chi connectivity index (χ1v) is 10.9. The monoisotopic (exact) mass is 407 g/mol. The number of nitrogens with zero attached hydrogens (tertiary/aromatic N) is 1. The van der Waals surface area contributed by atoms with E-state index in [9.17, 15) is 4.79 Å². The lowest BCUT2D eigenvalue weighted by atomic mass is 9.99. The summed E-state index contributed by atoms with van der Waals surface area (Å²) < 4.78 is 17.7. The fraction of sp³-hybridized carbons (Fsp3) is 0.400. The molecule has 0 atom stereocenters. The molecule has 3 aromatic rings. The maximum absolute atomic E-state index is 12.4. The summed E-state index contributed by atoms with van der Waals surface area (Å²) in [7, 11) is 0. The van der Waals surface area contributed by atoms with Crippen molar-refractivity contribution in [3.63, 3.8) is 0 Å². The van der Waals surface area contributed by atoms with Gasteiger partial charge in [-0.1, -0.05) is 36.4 Å². The minimum Gasteiger partial charge on any atom is -0.493 e. The summed E-state index contributed by atoms with van der Waals surface area (Å²) in [4.78, 5) is 14.2. The van der Waals surface area contributed by atoms with Crippen LogP contribution in [0.5, 0.6) is 11.5 Å². The van der Waals surface area contributed by atoms with E-state index in [1.54, 1.807) is 4.90 Å². The molecule has 158 valence electrons. The van der Waals surface area contributed by atoms with Gasteiger partial charge in [-0.05, 0) is 44.7 Å². The van der Waals surface area contributed by atoms with Crippen LogP contribution in [0, 0.1) is 0 Å². The third-order valence-corrected chi connectivity index (χ3v) is 5.54. The molecule has 0 aliphatic carbocycles. The van der Waals surface area contributed by atoms with Gasteiger partial charge in [0.25, 0.3) is 0 Å². The highest BCUT2D eigenvalue weighted by molar-refractivity contribution is 6.11. The number of hydrogen-bond donors (Lipinski definition) is 0. The summed E-state index contributed by atoms with van der Waals surface area (Å²) in [6, 6.07) is 14.2. The highest BCUT2D eigenvalue weighted by atomic mass is 16.6. The first-order chi connectivity index (χ1) is 14.7. The number of benzene rings is 3. The topological polar surface area (TPSA) is 48.0 Å². The van der Waals surface area contributed by atoms with Crippen LogP contribution in [0.15, 0.2) is 42.5 Å². The lowest BCUT2D eigenvalue weighted by Crippen LogP contribution is -2.35. The molecule has 0 bridgehead atoms. The van der Waals surface area contributed by atoms with Gasteiger partial charge in [0.1, 0.15) is 18.1 Å². The molecule has 0 N–H and O–H groups in total. The third-order valence-electron chi connectivity index (χ3n) is 5.54. The van der Waals surface area contributed by atoms with E-state index in [1.807, 2.05) is 38.1 Å². The van der Waals surface area contributed by atoms with Gasteiger partial charge >= 0.3 is 6.09 Å². The first-order valence-electron chi connectivity index (χ1n) is 10.9. The molecule has 0 unspecified atom stereocenters. The van der Waals surface area contributed by atoms with Gasteiger partial charge in [0.05, 0.1) is 13.2 Å². The number of carbonyl (C=O) groups excluding carboxylic acids is 1. The number of ether oxygens (including phenoxy) is 3. The van der Waals surface area contributed by atoms with Gasteiger partial charge in [0, 0.05) is 34.6 Å². The molecule has 1 heterocycles. The van der Waals surface area contributed by atoms with Crippen molar-refractivity contribution in [2.24, 2.45) is 0 Å². The van der Waals surface area contributed by atoms with Crippen molar-refractivity contribution in [2.75, 3.05) is 26.3 Å². The molecule has 5 heteroatoms. The van der Waals surface area contributed by atoms with Gasteiger partial charge in [-0.3, -0.25) is 0 Å². The number of amides is 1. The van der Waals surface area contributed by atoms with E-state index in [4.69, 9.17) is 14.2 Å². The molecule has 1 aliphatic rings. The summed E-state index contributed by atoms with van der Waals surface area (Å²) in [6.45, 7) is 6.95. The second kappa shape index (κ2) is 9.24. The molecular formula is C25H29NO4. The molecule has 1 amide bonds. The average Bonchev–Trinajstić information content (AvgIpc) is 2.80. The van der Waals surface area contributed by atoms with Gasteiger partial charge in [-0.25, -0.2) is 4.79 Å². The van der Waals surface area contributed by atoms with Crippen molar-refractivity contribution in [3.05, 3.63) is 48.0 Å². The fourth-order valence-corrected chi connectivity index (χ4v) is 4.15. The van der Waals surface area contributed by atoms with Crippen molar-refractivity contribution < 1.29 is 19.0 Å². The van der Waals surface area contributed by atoms with Crippen LogP contribution in [0.1, 0.15) is 38.7 Å². The summed E-state index contributed by atoms with van der Waals surface area (Å²) >= 11 is 0. The molecule has 4 rings (SSSR count). The van der Waals surface area contributed by atoms with E-state index in [-0.39, 0.29) is 12.7 Å². The Morgan fingerprint density at radius 2 is 1.43 bits per heavy atom. The fourth-order valence-electron chi connectivity index (χ4n) is 4.15. The van der Waals surface area contributed by atoms with Crippen LogP contribution in [0.3, 0.4) is 0 Å². The van der Waals surface area contributed by atoms with Gasteiger partial charge < -0.3 is 19.1 Å².